The summed E-state index contributed by atoms with van der Waals surface area (Å²) in [6, 6.07) is 15.2. The molecule has 28 heavy (non-hydrogen) atoms. The zero-order valence-corrected chi connectivity index (χ0v) is 15.8. The quantitative estimate of drug-likeness (QED) is 0.598. The molecule has 0 saturated carbocycles. The van der Waals surface area contributed by atoms with Gasteiger partial charge in [0.15, 0.2) is 0 Å². The van der Waals surface area contributed by atoms with Gasteiger partial charge in [-0.05, 0) is 24.6 Å². The number of carbonyl (C=O) groups excluding carboxylic acids is 2. The van der Waals surface area contributed by atoms with Crippen molar-refractivity contribution in [2.45, 2.75) is 6.92 Å². The molecule has 0 spiro atoms. The van der Waals surface area contributed by atoms with Gasteiger partial charge in [-0.25, -0.2) is 9.59 Å². The number of nitrogens with one attached hydrogen (secondary N) is 1. The molecule has 2 N–H and O–H groups in total. The Labute approximate surface area is 165 Å². The first-order chi connectivity index (χ1) is 13.5. The Bertz CT molecular complexity index is 1030. The summed E-state index contributed by atoms with van der Waals surface area (Å²) in [5.74, 6) is -2.36. The van der Waals surface area contributed by atoms with Crippen molar-refractivity contribution in [2.75, 3.05) is 11.9 Å². The van der Waals surface area contributed by atoms with Crippen LogP contribution in [-0.2, 0) is 4.74 Å². The highest BCUT2D eigenvalue weighted by atomic mass is 32.1. The summed E-state index contributed by atoms with van der Waals surface area (Å²) < 4.78 is 5.16. The average molecular weight is 395 g/mol. The van der Waals surface area contributed by atoms with Gasteiger partial charge in [0.1, 0.15) is 10.6 Å². The van der Waals surface area contributed by atoms with Crippen molar-refractivity contribution >= 4 is 34.2 Å². The molecule has 0 saturated heterocycles. The zero-order valence-electron chi connectivity index (χ0n) is 15.0. The highest BCUT2D eigenvalue weighted by molar-refractivity contribution is 7.15. The van der Waals surface area contributed by atoms with Crippen molar-refractivity contribution in [1.29, 1.82) is 0 Å². The molecule has 0 radical (unpaired) electrons. The lowest BCUT2D eigenvalue weighted by atomic mass is 10.0. The standard InChI is InChI=1S/C21H17NO5S/c1-2-27-21(26)17-16(13-8-4-3-5-9-13)12-28-19(17)22-18(23)14-10-6-7-11-15(14)20(24)25/h3-12H,2H2,1H3,(H,22,23)(H,24,25). The Kier molecular flexibility index (Phi) is 5.86. The lowest BCUT2D eigenvalue weighted by Gasteiger charge is -2.10. The van der Waals surface area contributed by atoms with E-state index in [0.29, 0.717) is 10.6 Å². The highest BCUT2D eigenvalue weighted by Crippen LogP contribution is 2.36. The van der Waals surface area contributed by atoms with Crippen LogP contribution >= 0.6 is 11.3 Å². The number of aromatic carboxylic acids is 1. The average Bonchev–Trinajstić information content (AvgIpc) is 3.12. The predicted molar refractivity (Wildman–Crippen MR) is 107 cm³/mol. The number of thiophene rings is 1. The molecule has 0 aliphatic carbocycles. The summed E-state index contributed by atoms with van der Waals surface area (Å²) in [5.41, 5.74) is 1.61. The van der Waals surface area contributed by atoms with Crippen LogP contribution in [0.25, 0.3) is 11.1 Å². The molecule has 3 aromatic rings. The fraction of sp³-hybridized carbons (Fsp3) is 0.0952. The number of ether oxygens (including phenoxy) is 1. The van der Waals surface area contributed by atoms with Crippen molar-refractivity contribution < 1.29 is 24.2 Å². The first-order valence-electron chi connectivity index (χ1n) is 8.50. The van der Waals surface area contributed by atoms with Crippen LogP contribution in [0.15, 0.2) is 60.0 Å². The molecule has 6 nitrogen and oxygen atoms in total. The summed E-state index contributed by atoms with van der Waals surface area (Å²) in [6.07, 6.45) is 0. The van der Waals surface area contributed by atoms with Gasteiger partial charge in [-0.3, -0.25) is 4.79 Å². The Morgan fingerprint density at radius 3 is 2.29 bits per heavy atom. The molecular formula is C21H17NO5S. The van der Waals surface area contributed by atoms with Crippen LogP contribution < -0.4 is 5.32 Å². The molecule has 0 aliphatic heterocycles. The van der Waals surface area contributed by atoms with Gasteiger partial charge in [0.05, 0.1) is 17.7 Å². The Balaban J connectivity index is 2.01. The van der Waals surface area contributed by atoms with Gasteiger partial charge < -0.3 is 15.2 Å². The van der Waals surface area contributed by atoms with Gasteiger partial charge in [0.25, 0.3) is 5.91 Å². The molecule has 1 heterocycles. The van der Waals surface area contributed by atoms with Crippen molar-refractivity contribution in [1.82, 2.24) is 0 Å². The second-order valence-electron chi connectivity index (χ2n) is 5.74. The lowest BCUT2D eigenvalue weighted by Crippen LogP contribution is -2.17. The number of esters is 1. The van der Waals surface area contributed by atoms with Crippen LogP contribution in [0.5, 0.6) is 0 Å². The van der Waals surface area contributed by atoms with E-state index in [2.05, 4.69) is 5.32 Å². The summed E-state index contributed by atoms with van der Waals surface area (Å²) in [6.45, 7) is 1.89. The number of carboxylic acid groups (broad SMARTS) is 1. The van der Waals surface area contributed by atoms with E-state index in [1.165, 1.54) is 23.5 Å². The molecule has 0 bridgehead atoms. The summed E-state index contributed by atoms with van der Waals surface area (Å²) >= 11 is 1.18. The minimum Gasteiger partial charge on any atom is -0.478 e. The molecule has 142 valence electrons. The largest absolute Gasteiger partial charge is 0.478 e. The first-order valence-corrected chi connectivity index (χ1v) is 9.38. The van der Waals surface area contributed by atoms with E-state index in [1.54, 1.807) is 24.4 Å². The molecular weight excluding hydrogens is 378 g/mol. The number of carboxylic acids is 1. The van der Waals surface area contributed by atoms with Crippen LogP contribution in [0.2, 0.25) is 0 Å². The molecule has 0 atom stereocenters. The molecule has 1 amide bonds. The van der Waals surface area contributed by atoms with Crippen LogP contribution in [0.4, 0.5) is 5.00 Å². The maximum absolute atomic E-state index is 12.7. The van der Waals surface area contributed by atoms with E-state index >= 15 is 0 Å². The number of benzene rings is 2. The molecule has 0 unspecified atom stereocenters. The van der Waals surface area contributed by atoms with Crippen LogP contribution in [0.3, 0.4) is 0 Å². The van der Waals surface area contributed by atoms with E-state index in [1.807, 2.05) is 30.3 Å². The molecule has 0 aliphatic rings. The van der Waals surface area contributed by atoms with E-state index in [4.69, 9.17) is 4.74 Å². The van der Waals surface area contributed by atoms with Gasteiger partial charge in [0, 0.05) is 10.9 Å². The molecule has 1 aromatic heterocycles. The summed E-state index contributed by atoms with van der Waals surface area (Å²) in [7, 11) is 0. The van der Waals surface area contributed by atoms with Crippen molar-refractivity contribution in [3.05, 3.63) is 76.7 Å². The number of hydrogen-bond donors (Lipinski definition) is 2. The number of rotatable bonds is 6. The van der Waals surface area contributed by atoms with Crippen LogP contribution in [-0.4, -0.2) is 29.6 Å². The number of amides is 1. The molecule has 7 heteroatoms. The van der Waals surface area contributed by atoms with E-state index in [-0.39, 0.29) is 23.3 Å². The third-order valence-corrected chi connectivity index (χ3v) is 4.88. The van der Waals surface area contributed by atoms with Crippen molar-refractivity contribution in [3.8, 4) is 11.1 Å². The third kappa shape index (κ3) is 3.94. The SMILES string of the molecule is CCOC(=O)c1c(-c2ccccc2)csc1NC(=O)c1ccccc1C(=O)O. The maximum atomic E-state index is 12.7. The normalized spacial score (nSPS) is 10.3. The predicted octanol–water partition coefficient (Wildman–Crippen LogP) is 4.54. The minimum absolute atomic E-state index is 0.0134. The Morgan fingerprint density at radius 2 is 1.64 bits per heavy atom. The first kappa shape index (κ1) is 19.3. The van der Waals surface area contributed by atoms with Crippen LogP contribution in [0.1, 0.15) is 38.0 Å². The highest BCUT2D eigenvalue weighted by Gasteiger charge is 2.24. The van der Waals surface area contributed by atoms with E-state index < -0.39 is 17.8 Å². The van der Waals surface area contributed by atoms with Gasteiger partial charge in [-0.2, -0.15) is 0 Å². The fourth-order valence-corrected chi connectivity index (χ4v) is 3.68. The second-order valence-corrected chi connectivity index (χ2v) is 6.62. The van der Waals surface area contributed by atoms with Crippen LogP contribution in [0, 0.1) is 0 Å². The number of carbonyl (C=O) groups is 3. The van der Waals surface area contributed by atoms with Gasteiger partial charge in [-0.15, -0.1) is 11.3 Å². The van der Waals surface area contributed by atoms with Gasteiger partial charge in [-0.1, -0.05) is 42.5 Å². The number of anilines is 1. The van der Waals surface area contributed by atoms with Crippen molar-refractivity contribution in [3.63, 3.8) is 0 Å². The van der Waals surface area contributed by atoms with E-state index in [9.17, 15) is 19.5 Å². The lowest BCUT2D eigenvalue weighted by molar-refractivity contribution is 0.0528. The maximum Gasteiger partial charge on any atom is 0.341 e. The molecule has 0 fully saturated rings. The molecule has 2 aromatic carbocycles. The third-order valence-electron chi connectivity index (χ3n) is 3.98. The fourth-order valence-electron chi connectivity index (χ4n) is 2.72. The monoisotopic (exact) mass is 395 g/mol. The topological polar surface area (TPSA) is 92.7 Å². The summed E-state index contributed by atoms with van der Waals surface area (Å²) in [4.78, 5) is 36.6. The smallest absolute Gasteiger partial charge is 0.341 e. The minimum atomic E-state index is -1.20. The van der Waals surface area contributed by atoms with E-state index in [0.717, 1.165) is 5.56 Å². The van der Waals surface area contributed by atoms with Gasteiger partial charge >= 0.3 is 11.9 Å². The number of hydrogen-bond acceptors (Lipinski definition) is 5. The second kappa shape index (κ2) is 8.49. The zero-order chi connectivity index (χ0) is 20.1. The Hall–Kier alpha value is -3.45. The molecule has 3 rings (SSSR count). The summed E-state index contributed by atoms with van der Waals surface area (Å²) in [5, 5.41) is 14.0. The van der Waals surface area contributed by atoms with Gasteiger partial charge in [0.2, 0.25) is 0 Å². The Morgan fingerprint density at radius 1 is 1.00 bits per heavy atom. The van der Waals surface area contributed by atoms with Crippen molar-refractivity contribution in [2.24, 2.45) is 0 Å².